The predicted molar refractivity (Wildman–Crippen MR) is 102 cm³/mol. The van der Waals surface area contributed by atoms with Crippen molar-refractivity contribution < 1.29 is 4.79 Å². The van der Waals surface area contributed by atoms with Crippen LogP contribution >= 0.6 is 0 Å². The summed E-state index contributed by atoms with van der Waals surface area (Å²) >= 11 is 0. The van der Waals surface area contributed by atoms with Crippen molar-refractivity contribution >= 4 is 22.8 Å². The molecule has 1 aliphatic rings. The average Bonchev–Trinajstić information content (AvgIpc) is 2.72. The second-order valence-corrected chi connectivity index (χ2v) is 6.48. The number of carbonyl (C=O) groups is 1. The molecular weight excluding hydrogens is 344 g/mol. The maximum Gasteiger partial charge on any atom is 0.261 e. The van der Waals surface area contributed by atoms with Crippen LogP contribution in [0, 0.1) is 6.92 Å². The van der Waals surface area contributed by atoms with E-state index in [4.69, 9.17) is 0 Å². The summed E-state index contributed by atoms with van der Waals surface area (Å²) in [7, 11) is 0. The van der Waals surface area contributed by atoms with Crippen LogP contribution in [0.1, 0.15) is 5.82 Å². The van der Waals surface area contributed by atoms with Gasteiger partial charge >= 0.3 is 0 Å². The molecule has 0 saturated carbocycles. The van der Waals surface area contributed by atoms with E-state index in [-0.39, 0.29) is 18.0 Å². The second kappa shape index (κ2) is 7.14. The zero-order chi connectivity index (χ0) is 18.8. The largest absolute Gasteiger partial charge is 0.338 e. The van der Waals surface area contributed by atoms with Gasteiger partial charge in [0.05, 0.1) is 10.9 Å². The number of carbonyl (C=O) groups excluding carboxylic acids is 1. The highest BCUT2D eigenvalue weighted by molar-refractivity contribution is 5.79. The molecule has 1 saturated heterocycles. The summed E-state index contributed by atoms with van der Waals surface area (Å²) in [5.41, 5.74) is 0.475. The Labute approximate surface area is 156 Å². The maximum absolute atomic E-state index is 12.7. The highest BCUT2D eigenvalue weighted by atomic mass is 16.2. The summed E-state index contributed by atoms with van der Waals surface area (Å²) in [5.74, 6) is 1.14. The van der Waals surface area contributed by atoms with E-state index in [0.717, 1.165) is 0 Å². The Balaban J connectivity index is 1.47. The van der Waals surface area contributed by atoms with E-state index >= 15 is 0 Å². The Morgan fingerprint density at radius 2 is 1.74 bits per heavy atom. The summed E-state index contributed by atoms with van der Waals surface area (Å²) in [6, 6.07) is 8.98. The van der Waals surface area contributed by atoms with Crippen LogP contribution in [-0.2, 0) is 11.3 Å². The monoisotopic (exact) mass is 364 g/mol. The van der Waals surface area contributed by atoms with Crippen LogP contribution in [0.25, 0.3) is 10.9 Å². The molecule has 8 heteroatoms. The summed E-state index contributed by atoms with van der Waals surface area (Å²) in [4.78, 5) is 42.3. The molecule has 0 spiro atoms. The Kier molecular flexibility index (Phi) is 4.53. The number of anilines is 1. The minimum absolute atomic E-state index is 0.00430. The minimum Gasteiger partial charge on any atom is -0.338 e. The van der Waals surface area contributed by atoms with E-state index in [1.807, 2.05) is 6.07 Å². The number of aromatic nitrogens is 4. The van der Waals surface area contributed by atoms with Gasteiger partial charge in [-0.2, -0.15) is 0 Å². The summed E-state index contributed by atoms with van der Waals surface area (Å²) < 4.78 is 1.46. The molecule has 0 unspecified atom stereocenters. The zero-order valence-corrected chi connectivity index (χ0v) is 15.1. The summed E-state index contributed by atoms with van der Waals surface area (Å²) in [6.45, 7) is 4.24. The molecule has 3 aromatic rings. The number of nitrogens with zero attached hydrogens (tertiary/aromatic N) is 6. The van der Waals surface area contributed by atoms with Crippen molar-refractivity contribution in [3.8, 4) is 0 Å². The molecule has 1 fully saturated rings. The fourth-order valence-electron chi connectivity index (χ4n) is 3.31. The Bertz CT molecular complexity index is 1030. The highest BCUT2D eigenvalue weighted by Crippen LogP contribution is 2.11. The number of hydrogen-bond acceptors (Lipinski definition) is 6. The molecule has 4 rings (SSSR count). The first-order valence-corrected chi connectivity index (χ1v) is 8.89. The number of amides is 1. The molecule has 3 heterocycles. The number of benzene rings is 1. The van der Waals surface area contributed by atoms with Gasteiger partial charge in [-0.15, -0.1) is 0 Å². The van der Waals surface area contributed by atoms with E-state index in [9.17, 15) is 9.59 Å². The Morgan fingerprint density at radius 3 is 2.48 bits per heavy atom. The third kappa shape index (κ3) is 3.38. The number of aryl methyl sites for hydroxylation is 1. The van der Waals surface area contributed by atoms with Gasteiger partial charge in [-0.05, 0) is 25.1 Å². The van der Waals surface area contributed by atoms with Crippen molar-refractivity contribution in [3.63, 3.8) is 0 Å². The van der Waals surface area contributed by atoms with Crippen molar-refractivity contribution in [3.05, 3.63) is 58.9 Å². The second-order valence-electron chi connectivity index (χ2n) is 6.48. The molecule has 27 heavy (non-hydrogen) atoms. The van der Waals surface area contributed by atoms with E-state index in [1.54, 1.807) is 48.5 Å². The lowest BCUT2D eigenvalue weighted by molar-refractivity contribution is -0.132. The smallest absolute Gasteiger partial charge is 0.261 e. The molecule has 138 valence electrons. The van der Waals surface area contributed by atoms with Gasteiger partial charge in [-0.1, -0.05) is 12.1 Å². The Hall–Kier alpha value is -3.29. The summed E-state index contributed by atoms with van der Waals surface area (Å²) in [6.07, 6.45) is 3.42. The molecule has 0 atom stereocenters. The maximum atomic E-state index is 12.7. The third-order valence-corrected chi connectivity index (χ3v) is 4.81. The van der Waals surface area contributed by atoms with E-state index in [2.05, 4.69) is 19.9 Å². The van der Waals surface area contributed by atoms with Crippen molar-refractivity contribution in [2.45, 2.75) is 13.5 Å². The number of piperazine rings is 1. The number of rotatable bonds is 3. The van der Waals surface area contributed by atoms with Crippen LogP contribution < -0.4 is 10.5 Å². The minimum atomic E-state index is -0.178. The van der Waals surface area contributed by atoms with Crippen molar-refractivity contribution in [2.24, 2.45) is 0 Å². The van der Waals surface area contributed by atoms with Crippen LogP contribution in [0.3, 0.4) is 0 Å². The topological polar surface area (TPSA) is 84.2 Å². The zero-order valence-electron chi connectivity index (χ0n) is 15.1. The van der Waals surface area contributed by atoms with Gasteiger partial charge in [0.25, 0.3) is 5.56 Å². The van der Waals surface area contributed by atoms with Crippen LogP contribution in [0.15, 0.2) is 47.5 Å². The lowest BCUT2D eigenvalue weighted by atomic mass is 10.2. The van der Waals surface area contributed by atoms with Gasteiger partial charge < -0.3 is 9.80 Å². The average molecular weight is 364 g/mol. The Morgan fingerprint density at radius 1 is 1.04 bits per heavy atom. The van der Waals surface area contributed by atoms with Gasteiger partial charge in [0.2, 0.25) is 11.9 Å². The first-order valence-electron chi connectivity index (χ1n) is 8.89. The van der Waals surface area contributed by atoms with Crippen LogP contribution in [0.5, 0.6) is 0 Å². The first kappa shape index (κ1) is 17.1. The standard InChI is InChI=1S/C19H20N6O2/c1-14-22-16-6-3-2-5-15(16)18(27)25(14)13-17(26)23-9-11-24(12-10-23)19-20-7-4-8-21-19/h2-8H,9-13H2,1H3. The lowest BCUT2D eigenvalue weighted by Crippen LogP contribution is -2.50. The lowest BCUT2D eigenvalue weighted by Gasteiger charge is -2.34. The van der Waals surface area contributed by atoms with Crippen molar-refractivity contribution in [1.29, 1.82) is 0 Å². The van der Waals surface area contributed by atoms with Crippen LogP contribution in [0.2, 0.25) is 0 Å². The normalized spacial score (nSPS) is 14.6. The number of fused-ring (bicyclic) bond motifs is 1. The van der Waals surface area contributed by atoms with E-state index < -0.39 is 0 Å². The van der Waals surface area contributed by atoms with Gasteiger partial charge in [-0.25, -0.2) is 15.0 Å². The molecule has 1 aromatic carbocycles. The predicted octanol–water partition coefficient (Wildman–Crippen LogP) is 0.844. The molecule has 0 radical (unpaired) electrons. The SMILES string of the molecule is Cc1nc2ccccc2c(=O)n1CC(=O)N1CCN(c2ncccn2)CC1. The van der Waals surface area contributed by atoms with Crippen LogP contribution in [-0.4, -0.2) is 56.5 Å². The molecule has 1 aliphatic heterocycles. The first-order chi connectivity index (χ1) is 13.1. The summed E-state index contributed by atoms with van der Waals surface area (Å²) in [5, 5.41) is 0.530. The van der Waals surface area contributed by atoms with E-state index in [0.29, 0.717) is 48.9 Å². The number of para-hydroxylation sites is 1. The molecular formula is C19H20N6O2. The molecule has 0 N–H and O–H groups in total. The van der Waals surface area contributed by atoms with Gasteiger partial charge in [0, 0.05) is 38.6 Å². The van der Waals surface area contributed by atoms with Crippen molar-refractivity contribution in [2.75, 3.05) is 31.1 Å². The fraction of sp³-hybridized carbons (Fsp3) is 0.316. The van der Waals surface area contributed by atoms with Crippen molar-refractivity contribution in [1.82, 2.24) is 24.4 Å². The molecule has 1 amide bonds. The van der Waals surface area contributed by atoms with Gasteiger partial charge in [-0.3, -0.25) is 14.2 Å². The molecule has 0 bridgehead atoms. The molecule has 8 nitrogen and oxygen atoms in total. The third-order valence-electron chi connectivity index (χ3n) is 4.81. The van der Waals surface area contributed by atoms with E-state index in [1.165, 1.54) is 4.57 Å². The van der Waals surface area contributed by atoms with Crippen LogP contribution in [0.4, 0.5) is 5.95 Å². The molecule has 0 aliphatic carbocycles. The number of hydrogen-bond donors (Lipinski definition) is 0. The quantitative estimate of drug-likeness (QED) is 0.685. The highest BCUT2D eigenvalue weighted by Gasteiger charge is 2.23. The van der Waals surface area contributed by atoms with Gasteiger partial charge in [0.1, 0.15) is 12.4 Å². The fourth-order valence-corrected chi connectivity index (χ4v) is 3.31. The van der Waals surface area contributed by atoms with Gasteiger partial charge in [0.15, 0.2) is 0 Å². The molecule has 2 aromatic heterocycles.